The summed E-state index contributed by atoms with van der Waals surface area (Å²) in [6.45, 7) is 3.98. The Kier molecular flexibility index (Phi) is 6.47. The fourth-order valence-electron chi connectivity index (χ4n) is 3.46. The van der Waals surface area contributed by atoms with E-state index < -0.39 is 23.1 Å². The summed E-state index contributed by atoms with van der Waals surface area (Å²) in [4.78, 5) is 26.0. The van der Waals surface area contributed by atoms with Crippen molar-refractivity contribution in [2.24, 2.45) is 0 Å². The van der Waals surface area contributed by atoms with Gasteiger partial charge in [0.15, 0.2) is 0 Å². The molecule has 0 aliphatic carbocycles. The molecule has 0 fully saturated rings. The van der Waals surface area contributed by atoms with Crippen molar-refractivity contribution >= 4 is 11.0 Å². The zero-order valence-electron chi connectivity index (χ0n) is 17.1. The van der Waals surface area contributed by atoms with Crippen molar-refractivity contribution in [2.45, 2.75) is 52.3 Å². The molecular weight excluding hydrogens is 417 g/mol. The maximum absolute atomic E-state index is 13.3. The van der Waals surface area contributed by atoms with Gasteiger partial charge in [-0.25, -0.2) is 9.59 Å². The van der Waals surface area contributed by atoms with Gasteiger partial charge in [-0.15, -0.1) is 0 Å². The Morgan fingerprint density at radius 2 is 1.97 bits per heavy atom. The molecule has 0 atom stereocenters. The van der Waals surface area contributed by atoms with Crippen LogP contribution in [0.2, 0.25) is 0 Å². The molecule has 0 amide bonds. The minimum atomic E-state index is -4.68. The molecule has 10 heteroatoms. The Balaban J connectivity index is 1.78. The zero-order chi connectivity index (χ0) is 22.8. The smallest absolute Gasteiger partial charge is 0.417 e. The molecule has 2 heterocycles. The summed E-state index contributed by atoms with van der Waals surface area (Å²) in [6, 6.07) is 3.16. The fraction of sp³-hybridized carbons (Fsp3) is 0.429. The number of hydrogen-bond acceptors (Lipinski definition) is 5. The van der Waals surface area contributed by atoms with Crippen LogP contribution in [0, 0.1) is 6.92 Å². The number of rotatable bonds is 8. The third-order valence-electron chi connectivity index (χ3n) is 4.94. The number of aromatic amines is 1. The lowest BCUT2D eigenvalue weighted by molar-refractivity contribution is -0.136. The van der Waals surface area contributed by atoms with E-state index in [1.807, 2.05) is 6.92 Å². The number of hydrogen-bond donors (Lipinski definition) is 2. The van der Waals surface area contributed by atoms with E-state index in [1.54, 1.807) is 6.92 Å². The number of nitrogens with one attached hydrogen (secondary N) is 1. The van der Waals surface area contributed by atoms with E-state index in [0.29, 0.717) is 55.3 Å². The summed E-state index contributed by atoms with van der Waals surface area (Å²) in [5.41, 5.74) is -1.81. The van der Waals surface area contributed by atoms with Crippen LogP contribution in [0.4, 0.5) is 13.2 Å². The van der Waals surface area contributed by atoms with E-state index in [1.165, 1.54) is 16.7 Å². The van der Waals surface area contributed by atoms with Crippen molar-refractivity contribution in [3.8, 4) is 11.6 Å². The predicted octanol–water partition coefficient (Wildman–Crippen LogP) is 4.13. The largest absolute Gasteiger partial charge is 0.493 e. The van der Waals surface area contributed by atoms with Gasteiger partial charge in [-0.1, -0.05) is 13.3 Å². The van der Waals surface area contributed by atoms with Crippen LogP contribution < -0.4 is 16.1 Å². The summed E-state index contributed by atoms with van der Waals surface area (Å²) in [6.07, 6.45) is -2.62. The summed E-state index contributed by atoms with van der Waals surface area (Å²) in [5, 5.41) is 9.66. The van der Waals surface area contributed by atoms with Crippen molar-refractivity contribution < 1.29 is 27.4 Å². The number of aryl methyl sites for hydroxylation is 2. The number of aromatic hydroxyl groups is 1. The van der Waals surface area contributed by atoms with Crippen LogP contribution in [-0.2, 0) is 19.1 Å². The minimum absolute atomic E-state index is 0.110. The molecule has 0 aliphatic rings. The van der Waals surface area contributed by atoms with Crippen LogP contribution >= 0.6 is 0 Å². The first-order valence-corrected chi connectivity index (χ1v) is 9.91. The van der Waals surface area contributed by atoms with E-state index >= 15 is 0 Å². The summed E-state index contributed by atoms with van der Waals surface area (Å²) in [5.74, 6) is 0.246. The van der Waals surface area contributed by atoms with Gasteiger partial charge in [0, 0.05) is 23.6 Å². The van der Waals surface area contributed by atoms with Crippen LogP contribution in [0.25, 0.3) is 11.0 Å². The maximum Gasteiger partial charge on any atom is 0.417 e. The zero-order valence-corrected chi connectivity index (χ0v) is 17.1. The third kappa shape index (κ3) is 4.78. The van der Waals surface area contributed by atoms with Gasteiger partial charge in [-0.05, 0) is 38.3 Å². The highest BCUT2D eigenvalue weighted by molar-refractivity contribution is 5.85. The number of H-pyrrole nitrogens is 1. The number of imidazole rings is 1. The molecule has 31 heavy (non-hydrogen) atoms. The van der Waals surface area contributed by atoms with E-state index in [0.717, 1.165) is 0 Å². The van der Waals surface area contributed by atoms with Gasteiger partial charge in [-0.2, -0.15) is 13.2 Å². The Hall–Kier alpha value is -3.17. The van der Waals surface area contributed by atoms with Gasteiger partial charge >= 0.3 is 17.5 Å². The van der Waals surface area contributed by atoms with Crippen LogP contribution in [0.15, 0.2) is 32.2 Å². The summed E-state index contributed by atoms with van der Waals surface area (Å²) < 4.78 is 52.2. The minimum Gasteiger partial charge on any atom is -0.493 e. The van der Waals surface area contributed by atoms with E-state index in [9.17, 15) is 27.9 Å². The second-order valence-corrected chi connectivity index (χ2v) is 7.23. The summed E-state index contributed by atoms with van der Waals surface area (Å²) in [7, 11) is 0. The average Bonchev–Trinajstić information content (AvgIpc) is 2.93. The Morgan fingerprint density at radius 1 is 1.23 bits per heavy atom. The molecule has 0 saturated heterocycles. The van der Waals surface area contributed by atoms with Crippen molar-refractivity contribution in [2.75, 3.05) is 6.61 Å². The molecule has 2 aromatic heterocycles. The van der Waals surface area contributed by atoms with E-state index in [4.69, 9.17) is 9.15 Å². The summed E-state index contributed by atoms with van der Waals surface area (Å²) >= 11 is 0. The maximum atomic E-state index is 13.3. The third-order valence-corrected chi connectivity index (χ3v) is 4.94. The van der Waals surface area contributed by atoms with Crippen molar-refractivity contribution in [3.63, 3.8) is 0 Å². The second kappa shape index (κ2) is 8.91. The first-order chi connectivity index (χ1) is 14.6. The number of unbranched alkanes of at least 4 members (excludes halogenated alkanes) is 1. The van der Waals surface area contributed by atoms with Gasteiger partial charge in [-0.3, -0.25) is 4.57 Å². The number of fused-ring (bicyclic) bond motifs is 1. The highest BCUT2D eigenvalue weighted by atomic mass is 19.4. The molecule has 0 saturated carbocycles. The van der Waals surface area contributed by atoms with Gasteiger partial charge < -0.3 is 19.2 Å². The first kappa shape index (κ1) is 22.5. The van der Waals surface area contributed by atoms with E-state index in [2.05, 4.69) is 4.98 Å². The first-order valence-electron chi connectivity index (χ1n) is 9.91. The normalized spacial score (nSPS) is 11.9. The lowest BCUT2D eigenvalue weighted by Crippen LogP contribution is -2.17. The second-order valence-electron chi connectivity index (χ2n) is 7.23. The lowest BCUT2D eigenvalue weighted by Gasteiger charge is -2.15. The molecule has 0 spiro atoms. The molecule has 0 aliphatic heterocycles. The number of halogens is 3. The fourth-order valence-corrected chi connectivity index (χ4v) is 3.46. The van der Waals surface area contributed by atoms with Crippen LogP contribution in [0.3, 0.4) is 0 Å². The molecule has 0 unspecified atom stereocenters. The van der Waals surface area contributed by atoms with Crippen LogP contribution in [0.5, 0.6) is 11.6 Å². The average molecular weight is 440 g/mol. The number of nitrogens with zero attached hydrogens (tertiary/aromatic N) is 1. The van der Waals surface area contributed by atoms with Crippen molar-refractivity contribution in [1.29, 1.82) is 0 Å². The molecule has 0 bridgehead atoms. The molecule has 2 N–H and O–H groups in total. The van der Waals surface area contributed by atoms with Crippen LogP contribution in [0.1, 0.15) is 43.0 Å². The number of ether oxygens (including phenoxy) is 1. The molecule has 0 radical (unpaired) electrons. The van der Waals surface area contributed by atoms with E-state index in [-0.39, 0.29) is 23.5 Å². The monoisotopic (exact) mass is 440 g/mol. The number of alkyl halides is 3. The lowest BCUT2D eigenvalue weighted by atomic mass is 10.0. The Morgan fingerprint density at radius 3 is 2.58 bits per heavy atom. The highest BCUT2D eigenvalue weighted by Gasteiger charge is 2.34. The highest BCUT2D eigenvalue weighted by Crippen LogP contribution is 2.37. The van der Waals surface area contributed by atoms with Gasteiger partial charge in [0.1, 0.15) is 11.3 Å². The Labute approximate surface area is 175 Å². The standard InChI is InChI=1S/C21H23F3N2O5/c1-3-6-14-16(30-10-5-4-9-26-19(28)12(2)25-20(26)29)8-7-13-15(21(22,23)24)11-17(27)31-18(13)14/h7-8,11,28H,3-6,9-10H2,1-2H3,(H,25,29). The molecular formula is C21H23F3N2O5. The van der Waals surface area contributed by atoms with Crippen molar-refractivity contribution in [3.05, 3.63) is 55.9 Å². The van der Waals surface area contributed by atoms with Gasteiger partial charge in [0.25, 0.3) is 0 Å². The molecule has 168 valence electrons. The molecule has 3 rings (SSSR count). The predicted molar refractivity (Wildman–Crippen MR) is 108 cm³/mol. The SMILES string of the molecule is CCCc1c(OCCCCn2c(O)c(C)[nH]c2=O)ccc2c(C(F)(F)F)cc(=O)oc12. The van der Waals surface area contributed by atoms with Gasteiger partial charge in [0.05, 0.1) is 17.9 Å². The van der Waals surface area contributed by atoms with Crippen molar-refractivity contribution in [1.82, 2.24) is 9.55 Å². The molecule has 3 aromatic rings. The molecule has 1 aromatic carbocycles. The van der Waals surface area contributed by atoms with Gasteiger partial charge in [0.2, 0.25) is 5.88 Å². The topological polar surface area (TPSA) is 97.5 Å². The van der Waals surface area contributed by atoms with Crippen LogP contribution in [-0.4, -0.2) is 21.3 Å². The number of benzene rings is 1. The Bertz CT molecular complexity index is 1190. The number of aromatic nitrogens is 2. The molecule has 7 nitrogen and oxygen atoms in total. The quantitative estimate of drug-likeness (QED) is 0.406.